The van der Waals surface area contributed by atoms with E-state index in [9.17, 15) is 13.2 Å². The van der Waals surface area contributed by atoms with Crippen molar-refractivity contribution < 1.29 is 17.9 Å². The molecule has 4 rings (SSSR count). The Morgan fingerprint density at radius 2 is 1.94 bits per heavy atom. The van der Waals surface area contributed by atoms with E-state index in [1.807, 2.05) is 28.9 Å². The second kappa shape index (κ2) is 10.7. The number of hydrogen-bond donors (Lipinski definition) is 2. The highest BCUT2D eigenvalue weighted by Gasteiger charge is 2.49. The molecule has 2 aromatic heterocycles. The number of rotatable bonds is 8. The lowest BCUT2D eigenvalue weighted by molar-refractivity contribution is -0.172. The Bertz CT molecular complexity index is 1340. The van der Waals surface area contributed by atoms with Crippen LogP contribution >= 0.6 is 12.2 Å². The van der Waals surface area contributed by atoms with E-state index in [0.717, 1.165) is 30.5 Å². The molecule has 3 aromatic rings. The van der Waals surface area contributed by atoms with E-state index in [1.54, 1.807) is 45.3 Å². The van der Waals surface area contributed by atoms with Crippen LogP contribution in [-0.2, 0) is 25.2 Å². The van der Waals surface area contributed by atoms with Crippen molar-refractivity contribution in [3.05, 3.63) is 66.6 Å². The van der Waals surface area contributed by atoms with Crippen molar-refractivity contribution in [1.29, 1.82) is 0 Å². The fourth-order valence-corrected chi connectivity index (χ4v) is 6.55. The number of carbonyl (C=O) groups is 1. The summed E-state index contributed by atoms with van der Waals surface area (Å²) in [6.45, 7) is 3.58. The first kappa shape index (κ1) is 26.2. The lowest BCUT2D eigenvalue weighted by Gasteiger charge is -2.44. The van der Waals surface area contributed by atoms with Crippen LogP contribution in [0, 0.1) is 11.8 Å². The molecule has 2 unspecified atom stereocenters. The van der Waals surface area contributed by atoms with E-state index in [4.69, 9.17) is 17.0 Å². The minimum absolute atomic E-state index is 0.0932. The van der Waals surface area contributed by atoms with Gasteiger partial charge in [0.25, 0.3) is 0 Å². The normalized spacial score (nSPS) is 21.3. The molecule has 10 heteroatoms. The lowest BCUT2D eigenvalue weighted by atomic mass is 9.71. The minimum Gasteiger partial charge on any atom is -0.452 e. The van der Waals surface area contributed by atoms with E-state index >= 15 is 0 Å². The number of aromatic nitrogens is 2. The van der Waals surface area contributed by atoms with E-state index in [-0.39, 0.29) is 16.7 Å². The van der Waals surface area contributed by atoms with Crippen molar-refractivity contribution >= 4 is 38.8 Å². The van der Waals surface area contributed by atoms with Gasteiger partial charge in [0.15, 0.2) is 0 Å². The van der Waals surface area contributed by atoms with Crippen LogP contribution in [0.25, 0.3) is 5.65 Å². The third kappa shape index (κ3) is 5.16. The zero-order chi connectivity index (χ0) is 25.9. The average Bonchev–Trinajstić information content (AvgIpc) is 3.35. The van der Waals surface area contributed by atoms with Crippen molar-refractivity contribution in [1.82, 2.24) is 19.4 Å². The lowest BCUT2D eigenvalue weighted by Crippen LogP contribution is -2.53. The molecule has 0 saturated heterocycles. The van der Waals surface area contributed by atoms with Gasteiger partial charge in [-0.15, -0.1) is 0 Å². The van der Waals surface area contributed by atoms with E-state index < -0.39 is 27.6 Å². The van der Waals surface area contributed by atoms with Crippen molar-refractivity contribution in [2.24, 2.45) is 11.8 Å². The topological polar surface area (TPSA) is 102 Å². The summed E-state index contributed by atoms with van der Waals surface area (Å²) in [6.07, 6.45) is 8.59. The molecule has 3 atom stereocenters. The molecule has 1 aromatic carbocycles. The minimum atomic E-state index is -3.93. The number of ether oxygens (including phenoxy) is 1. The largest absolute Gasteiger partial charge is 0.452 e. The molecule has 36 heavy (non-hydrogen) atoms. The summed E-state index contributed by atoms with van der Waals surface area (Å²) in [5, 5.41) is 3.09. The maximum atomic E-state index is 13.8. The van der Waals surface area contributed by atoms with Crippen LogP contribution in [0.1, 0.15) is 45.1 Å². The molecular formula is C26H32N4O4S2. The fraction of sp³-hybridized carbons (Fsp3) is 0.423. The van der Waals surface area contributed by atoms with E-state index in [1.165, 1.54) is 12.1 Å². The molecule has 1 fully saturated rings. The van der Waals surface area contributed by atoms with Crippen LogP contribution in [-0.4, -0.2) is 41.8 Å². The number of fused-ring (bicyclic) bond motifs is 1. The first-order valence-electron chi connectivity index (χ1n) is 12.1. The Morgan fingerprint density at radius 1 is 1.19 bits per heavy atom. The maximum Gasteiger partial charge on any atom is 0.325 e. The van der Waals surface area contributed by atoms with Gasteiger partial charge in [0.05, 0.1) is 15.8 Å². The molecule has 1 aliphatic rings. The number of nitrogens with zero attached hydrogens (tertiary/aromatic N) is 2. The van der Waals surface area contributed by atoms with Gasteiger partial charge < -0.3 is 14.5 Å². The number of pyridine rings is 1. The van der Waals surface area contributed by atoms with Crippen LogP contribution in [0.4, 0.5) is 0 Å². The standard InChI is InChI=1S/C26H32N4O4S2/c1-18(2)23(29-36(32,33)20-9-5-4-6-10-20)25(31)34-26(14-8-7-11-21(26)24(35)27-3)19-12-13-22-28-15-16-30(22)17-19/h4-6,9-10,12-13,15-18,21,23,29H,7-8,11,14H2,1-3H3,(H,27,35)/t21?,23-,26?/m0/s1. The molecular weight excluding hydrogens is 496 g/mol. The van der Waals surface area contributed by atoms with Gasteiger partial charge >= 0.3 is 5.97 Å². The molecule has 1 saturated carbocycles. The zero-order valence-electron chi connectivity index (χ0n) is 20.7. The van der Waals surface area contributed by atoms with Gasteiger partial charge in [0, 0.05) is 31.2 Å². The zero-order valence-corrected chi connectivity index (χ0v) is 22.3. The van der Waals surface area contributed by atoms with Crippen molar-refractivity contribution in [3.8, 4) is 0 Å². The number of carbonyl (C=O) groups excluding carboxylic acids is 1. The number of imidazole rings is 1. The Morgan fingerprint density at radius 3 is 2.64 bits per heavy atom. The van der Waals surface area contributed by atoms with Crippen LogP contribution in [0.2, 0.25) is 0 Å². The third-order valence-corrected chi connectivity index (χ3v) is 8.78. The third-order valence-electron chi connectivity index (χ3n) is 6.83. The average molecular weight is 529 g/mol. The van der Waals surface area contributed by atoms with E-state index in [0.29, 0.717) is 11.4 Å². The SMILES string of the molecule is CNC(=S)C1CCCCC1(OC(=O)[C@@H](NS(=O)(=O)c1ccccc1)C(C)C)c1ccc2nccn2c1. The van der Waals surface area contributed by atoms with Gasteiger partial charge in [-0.05, 0) is 49.4 Å². The Hall–Kier alpha value is -2.82. The predicted octanol–water partition coefficient (Wildman–Crippen LogP) is 3.81. The number of sulfonamides is 1. The van der Waals surface area contributed by atoms with Gasteiger partial charge in [-0.2, -0.15) is 4.72 Å². The smallest absolute Gasteiger partial charge is 0.325 e. The number of nitrogens with one attached hydrogen (secondary N) is 2. The summed E-state index contributed by atoms with van der Waals surface area (Å²) in [7, 11) is -2.16. The van der Waals surface area contributed by atoms with Crippen LogP contribution in [0.5, 0.6) is 0 Å². The fourth-order valence-electron chi connectivity index (χ4n) is 4.89. The highest BCUT2D eigenvalue weighted by atomic mass is 32.2. The summed E-state index contributed by atoms with van der Waals surface area (Å²) >= 11 is 5.69. The van der Waals surface area contributed by atoms with Gasteiger partial charge in [-0.1, -0.05) is 50.7 Å². The number of hydrogen-bond acceptors (Lipinski definition) is 6. The summed E-state index contributed by atoms with van der Waals surface area (Å²) in [5.41, 5.74) is 0.538. The molecule has 0 radical (unpaired) electrons. The van der Waals surface area contributed by atoms with Gasteiger partial charge in [0.1, 0.15) is 17.3 Å². The summed E-state index contributed by atoms with van der Waals surface area (Å²) in [5.74, 6) is -1.22. The number of esters is 1. The van der Waals surface area contributed by atoms with Crippen molar-refractivity contribution in [2.75, 3.05) is 7.05 Å². The molecule has 2 N–H and O–H groups in total. The van der Waals surface area contributed by atoms with Gasteiger partial charge in [-0.3, -0.25) is 4.79 Å². The molecule has 0 aliphatic heterocycles. The first-order chi connectivity index (χ1) is 17.2. The number of benzene rings is 1. The Balaban J connectivity index is 1.73. The van der Waals surface area contributed by atoms with Gasteiger partial charge in [0.2, 0.25) is 10.0 Å². The van der Waals surface area contributed by atoms with Gasteiger partial charge in [-0.25, -0.2) is 13.4 Å². The second-order valence-corrected chi connectivity index (χ2v) is 11.6. The summed E-state index contributed by atoms with van der Waals surface area (Å²) in [4.78, 5) is 18.8. The highest BCUT2D eigenvalue weighted by Crippen LogP contribution is 2.46. The molecule has 2 heterocycles. The Labute approximate surface area is 217 Å². The van der Waals surface area contributed by atoms with E-state index in [2.05, 4.69) is 15.0 Å². The predicted molar refractivity (Wildman–Crippen MR) is 142 cm³/mol. The first-order valence-corrected chi connectivity index (χ1v) is 14.0. The molecule has 0 amide bonds. The second-order valence-electron chi connectivity index (χ2n) is 9.49. The summed E-state index contributed by atoms with van der Waals surface area (Å²) < 4.78 is 37.0. The summed E-state index contributed by atoms with van der Waals surface area (Å²) in [6, 6.07) is 10.7. The van der Waals surface area contributed by atoms with Crippen LogP contribution in [0.15, 0.2) is 66.0 Å². The Kier molecular flexibility index (Phi) is 7.77. The van der Waals surface area contributed by atoms with Crippen LogP contribution < -0.4 is 10.0 Å². The molecule has 8 nitrogen and oxygen atoms in total. The number of thiocarbonyl (C=S) groups is 1. The van der Waals surface area contributed by atoms with Crippen LogP contribution in [0.3, 0.4) is 0 Å². The maximum absolute atomic E-state index is 13.8. The molecule has 192 valence electrons. The quantitative estimate of drug-likeness (QED) is 0.339. The monoisotopic (exact) mass is 528 g/mol. The molecule has 0 spiro atoms. The van der Waals surface area contributed by atoms with Crippen molar-refractivity contribution in [2.45, 2.75) is 56.1 Å². The molecule has 0 bridgehead atoms. The highest BCUT2D eigenvalue weighted by molar-refractivity contribution is 7.89. The van der Waals surface area contributed by atoms with Crippen molar-refractivity contribution in [3.63, 3.8) is 0 Å². The molecule has 1 aliphatic carbocycles.